The van der Waals surface area contributed by atoms with Crippen molar-refractivity contribution in [1.82, 2.24) is 10.2 Å². The lowest BCUT2D eigenvalue weighted by Crippen LogP contribution is -2.50. The summed E-state index contributed by atoms with van der Waals surface area (Å²) >= 11 is 0. The van der Waals surface area contributed by atoms with Gasteiger partial charge in [-0.3, -0.25) is 4.79 Å². The molecule has 2 N–H and O–H groups in total. The first-order chi connectivity index (χ1) is 9.10. The van der Waals surface area contributed by atoms with Gasteiger partial charge in [-0.1, -0.05) is 0 Å². The molecule has 0 bridgehead atoms. The molecule has 116 valence electrons. The molecule has 0 radical (unpaired) electrons. The van der Waals surface area contributed by atoms with Crippen molar-refractivity contribution < 1.29 is 19.4 Å². The van der Waals surface area contributed by atoms with Gasteiger partial charge in [0, 0.05) is 20.0 Å². The standard InChI is InChI=1S/C14H26N2O4/c1-14(2,3)20-13(19)15-10-8-9(6-7-11(10)17)12(18)16(4)5/h9-11,17H,6-8H2,1-5H3,(H,15,19). The Kier molecular flexibility index (Phi) is 5.39. The van der Waals surface area contributed by atoms with Crippen molar-refractivity contribution in [2.75, 3.05) is 14.1 Å². The summed E-state index contributed by atoms with van der Waals surface area (Å²) in [5, 5.41) is 12.6. The maximum atomic E-state index is 12.0. The third kappa shape index (κ3) is 5.00. The number of hydrogen-bond acceptors (Lipinski definition) is 4. The van der Waals surface area contributed by atoms with Crippen molar-refractivity contribution in [2.24, 2.45) is 5.92 Å². The van der Waals surface area contributed by atoms with E-state index in [1.165, 1.54) is 0 Å². The van der Waals surface area contributed by atoms with Gasteiger partial charge in [-0.05, 0) is 40.0 Å². The van der Waals surface area contributed by atoms with Gasteiger partial charge in [-0.15, -0.1) is 0 Å². The van der Waals surface area contributed by atoms with E-state index in [0.29, 0.717) is 19.3 Å². The predicted molar refractivity (Wildman–Crippen MR) is 75.2 cm³/mol. The molecule has 1 fully saturated rings. The fourth-order valence-electron chi connectivity index (χ4n) is 2.36. The van der Waals surface area contributed by atoms with Crippen LogP contribution in [0.4, 0.5) is 4.79 Å². The molecule has 1 aliphatic rings. The Morgan fingerprint density at radius 2 is 1.85 bits per heavy atom. The molecule has 6 heteroatoms. The summed E-state index contributed by atoms with van der Waals surface area (Å²) in [4.78, 5) is 25.3. The largest absolute Gasteiger partial charge is 0.444 e. The van der Waals surface area contributed by atoms with Crippen LogP contribution in [0.15, 0.2) is 0 Å². The van der Waals surface area contributed by atoms with Gasteiger partial charge in [-0.25, -0.2) is 4.79 Å². The van der Waals surface area contributed by atoms with Gasteiger partial charge < -0.3 is 20.1 Å². The molecule has 2 amide bonds. The predicted octanol–water partition coefficient (Wildman–Crippen LogP) is 1.13. The van der Waals surface area contributed by atoms with Crippen molar-refractivity contribution in [3.8, 4) is 0 Å². The third-order valence-corrected chi connectivity index (χ3v) is 3.31. The third-order valence-electron chi connectivity index (χ3n) is 3.31. The van der Waals surface area contributed by atoms with E-state index in [2.05, 4.69) is 5.32 Å². The zero-order valence-electron chi connectivity index (χ0n) is 13.0. The minimum Gasteiger partial charge on any atom is -0.444 e. The number of rotatable bonds is 2. The van der Waals surface area contributed by atoms with E-state index in [1.54, 1.807) is 39.8 Å². The van der Waals surface area contributed by atoms with Gasteiger partial charge in [0.2, 0.25) is 5.91 Å². The summed E-state index contributed by atoms with van der Waals surface area (Å²) in [6, 6.07) is -0.438. The number of carbonyl (C=O) groups is 2. The summed E-state index contributed by atoms with van der Waals surface area (Å²) in [6.45, 7) is 5.34. The Hall–Kier alpha value is -1.30. The molecule has 0 aliphatic heterocycles. The van der Waals surface area contributed by atoms with Gasteiger partial charge in [0.25, 0.3) is 0 Å². The van der Waals surface area contributed by atoms with E-state index in [4.69, 9.17) is 4.74 Å². The number of nitrogens with one attached hydrogen (secondary N) is 1. The normalized spacial score (nSPS) is 26.8. The Morgan fingerprint density at radius 1 is 1.25 bits per heavy atom. The van der Waals surface area contributed by atoms with Crippen molar-refractivity contribution in [2.45, 2.75) is 57.8 Å². The fourth-order valence-corrected chi connectivity index (χ4v) is 2.36. The number of hydrogen-bond donors (Lipinski definition) is 2. The maximum Gasteiger partial charge on any atom is 0.407 e. The number of alkyl carbamates (subject to hydrolysis) is 1. The number of amides is 2. The molecule has 0 aromatic heterocycles. The van der Waals surface area contributed by atoms with Gasteiger partial charge >= 0.3 is 6.09 Å². The van der Waals surface area contributed by atoms with Crippen molar-refractivity contribution in [3.05, 3.63) is 0 Å². The summed E-state index contributed by atoms with van der Waals surface area (Å²) in [5.41, 5.74) is -0.581. The van der Waals surface area contributed by atoms with E-state index in [1.807, 2.05) is 0 Å². The monoisotopic (exact) mass is 286 g/mol. The highest BCUT2D eigenvalue weighted by atomic mass is 16.6. The first kappa shape index (κ1) is 16.8. The molecule has 1 saturated carbocycles. The van der Waals surface area contributed by atoms with Crippen LogP contribution in [0.2, 0.25) is 0 Å². The van der Waals surface area contributed by atoms with Crippen LogP contribution >= 0.6 is 0 Å². The van der Waals surface area contributed by atoms with Crippen LogP contribution in [0.5, 0.6) is 0 Å². The van der Waals surface area contributed by atoms with Crippen molar-refractivity contribution >= 4 is 12.0 Å². The van der Waals surface area contributed by atoms with E-state index < -0.39 is 23.8 Å². The molecule has 3 atom stereocenters. The van der Waals surface area contributed by atoms with Crippen LogP contribution in [-0.2, 0) is 9.53 Å². The number of nitrogens with zero attached hydrogens (tertiary/aromatic N) is 1. The molecule has 1 aliphatic carbocycles. The number of ether oxygens (including phenoxy) is 1. The summed E-state index contributed by atoms with van der Waals surface area (Å²) in [6.07, 6.45) is 0.403. The number of aliphatic hydroxyl groups is 1. The molecule has 20 heavy (non-hydrogen) atoms. The highest BCUT2D eigenvalue weighted by Crippen LogP contribution is 2.26. The molecule has 0 aromatic carbocycles. The second kappa shape index (κ2) is 6.43. The SMILES string of the molecule is CN(C)C(=O)C1CCC(O)C(NC(=O)OC(C)(C)C)C1. The lowest BCUT2D eigenvalue weighted by atomic mass is 9.83. The van der Waals surface area contributed by atoms with Gasteiger partial charge in [-0.2, -0.15) is 0 Å². The van der Waals surface area contributed by atoms with Crippen LogP contribution in [0.25, 0.3) is 0 Å². The molecule has 0 heterocycles. The number of carbonyl (C=O) groups excluding carboxylic acids is 2. The lowest BCUT2D eigenvalue weighted by molar-refractivity contribution is -0.135. The Morgan fingerprint density at radius 3 is 2.35 bits per heavy atom. The molecule has 3 unspecified atom stereocenters. The summed E-state index contributed by atoms with van der Waals surface area (Å²) in [5.74, 6) is -0.124. The van der Waals surface area contributed by atoms with E-state index in [0.717, 1.165) is 0 Å². The Bertz CT molecular complexity index is 363. The second-order valence-electron chi connectivity index (χ2n) is 6.56. The second-order valence-corrected chi connectivity index (χ2v) is 6.56. The molecule has 0 aromatic rings. The topological polar surface area (TPSA) is 78.9 Å². The Labute approximate surface area is 120 Å². The molecule has 0 spiro atoms. The summed E-state index contributed by atoms with van der Waals surface area (Å²) < 4.78 is 5.18. The van der Waals surface area contributed by atoms with Gasteiger partial charge in [0.05, 0.1) is 12.1 Å². The minimum absolute atomic E-state index is 0.0351. The molecule has 6 nitrogen and oxygen atoms in total. The van der Waals surface area contributed by atoms with Crippen LogP contribution in [0, 0.1) is 5.92 Å². The van der Waals surface area contributed by atoms with Gasteiger partial charge in [0.1, 0.15) is 5.60 Å². The first-order valence-electron chi connectivity index (χ1n) is 6.99. The van der Waals surface area contributed by atoms with Crippen LogP contribution in [0.3, 0.4) is 0 Å². The zero-order chi connectivity index (χ0) is 15.5. The molecule has 1 rings (SSSR count). The quantitative estimate of drug-likeness (QED) is 0.797. The smallest absolute Gasteiger partial charge is 0.407 e. The zero-order valence-corrected chi connectivity index (χ0v) is 13.0. The lowest BCUT2D eigenvalue weighted by Gasteiger charge is -2.34. The minimum atomic E-state index is -0.631. The molecular weight excluding hydrogens is 260 g/mol. The van der Waals surface area contributed by atoms with Crippen molar-refractivity contribution in [3.63, 3.8) is 0 Å². The molecular formula is C14H26N2O4. The molecule has 0 saturated heterocycles. The number of aliphatic hydroxyl groups excluding tert-OH is 1. The average Bonchev–Trinajstić information content (AvgIpc) is 2.28. The fraction of sp³-hybridized carbons (Fsp3) is 0.857. The van der Waals surface area contributed by atoms with Gasteiger partial charge in [0.15, 0.2) is 0 Å². The average molecular weight is 286 g/mol. The van der Waals surface area contributed by atoms with Crippen LogP contribution in [0.1, 0.15) is 40.0 Å². The maximum absolute atomic E-state index is 12.0. The van der Waals surface area contributed by atoms with E-state index in [9.17, 15) is 14.7 Å². The van der Waals surface area contributed by atoms with E-state index >= 15 is 0 Å². The Balaban J connectivity index is 2.59. The highest BCUT2D eigenvalue weighted by Gasteiger charge is 2.35. The highest BCUT2D eigenvalue weighted by molar-refractivity contribution is 5.78. The summed E-state index contributed by atoms with van der Waals surface area (Å²) in [7, 11) is 3.42. The van der Waals surface area contributed by atoms with Crippen LogP contribution < -0.4 is 5.32 Å². The van der Waals surface area contributed by atoms with Crippen molar-refractivity contribution in [1.29, 1.82) is 0 Å². The van der Waals surface area contributed by atoms with E-state index in [-0.39, 0.29) is 11.8 Å². The first-order valence-corrected chi connectivity index (χ1v) is 6.99. The van der Waals surface area contributed by atoms with Crippen LogP contribution in [-0.4, -0.2) is 53.8 Å².